The average Bonchev–Trinajstić information content (AvgIpc) is 2.67. The number of amides is 2. The number of likely N-dealkylation sites (tertiary alicyclic amines) is 1. The number of carbonyl (C=O) groups excluding carboxylic acids is 2. The fraction of sp³-hybridized carbons (Fsp3) is 0.867. The third-order valence-corrected chi connectivity index (χ3v) is 4.06. The topological polar surface area (TPSA) is 58.6 Å². The van der Waals surface area contributed by atoms with E-state index in [2.05, 4.69) is 19.2 Å². The number of imide groups is 1. The minimum Gasteiger partial charge on any atom is -0.383 e. The maximum atomic E-state index is 12.4. The molecule has 1 heterocycles. The summed E-state index contributed by atoms with van der Waals surface area (Å²) in [5, 5.41) is 3.29. The number of nitrogens with one attached hydrogen (secondary N) is 1. The summed E-state index contributed by atoms with van der Waals surface area (Å²) in [6.07, 6.45) is 1.89. The molecule has 0 aromatic heterocycles. The van der Waals surface area contributed by atoms with Crippen molar-refractivity contribution in [3.05, 3.63) is 0 Å². The molecule has 1 saturated heterocycles. The van der Waals surface area contributed by atoms with Crippen molar-refractivity contribution >= 4 is 11.8 Å². The summed E-state index contributed by atoms with van der Waals surface area (Å²) < 4.78 is 5.18. The first-order valence-electron chi connectivity index (χ1n) is 7.57. The second-order valence-corrected chi connectivity index (χ2v) is 5.80. The van der Waals surface area contributed by atoms with Crippen LogP contribution in [-0.2, 0) is 14.3 Å². The number of hydrogen-bond acceptors (Lipinski definition) is 4. The third kappa shape index (κ3) is 3.79. The van der Waals surface area contributed by atoms with E-state index in [9.17, 15) is 9.59 Å². The molecule has 0 radical (unpaired) electrons. The molecule has 1 fully saturated rings. The van der Waals surface area contributed by atoms with Crippen molar-refractivity contribution in [3.63, 3.8) is 0 Å². The van der Waals surface area contributed by atoms with Crippen LogP contribution in [0.2, 0.25) is 0 Å². The maximum absolute atomic E-state index is 12.4. The maximum Gasteiger partial charge on any atom is 0.247 e. The SMILES string of the molecule is CCC(CC)N1C(=O)CC(NC(COC)C(C)C)C1=O. The Balaban J connectivity index is 2.74. The van der Waals surface area contributed by atoms with Crippen LogP contribution in [0.25, 0.3) is 0 Å². The fourth-order valence-electron chi connectivity index (χ4n) is 2.69. The Morgan fingerprint density at radius 2 is 1.90 bits per heavy atom. The molecule has 1 aliphatic rings. The Morgan fingerprint density at radius 3 is 2.35 bits per heavy atom. The van der Waals surface area contributed by atoms with Gasteiger partial charge in [0.2, 0.25) is 11.8 Å². The molecular weight excluding hydrogens is 256 g/mol. The van der Waals surface area contributed by atoms with Gasteiger partial charge in [0.1, 0.15) is 0 Å². The average molecular weight is 284 g/mol. The van der Waals surface area contributed by atoms with Crippen molar-refractivity contribution in [1.82, 2.24) is 10.2 Å². The van der Waals surface area contributed by atoms with Crippen molar-refractivity contribution in [3.8, 4) is 0 Å². The van der Waals surface area contributed by atoms with E-state index >= 15 is 0 Å². The number of carbonyl (C=O) groups is 2. The Morgan fingerprint density at radius 1 is 1.30 bits per heavy atom. The monoisotopic (exact) mass is 284 g/mol. The van der Waals surface area contributed by atoms with Crippen LogP contribution in [-0.4, -0.2) is 48.6 Å². The Kier molecular flexibility index (Phi) is 6.62. The minimum atomic E-state index is -0.398. The first kappa shape index (κ1) is 17.1. The van der Waals surface area contributed by atoms with Crippen LogP contribution in [0.5, 0.6) is 0 Å². The first-order valence-corrected chi connectivity index (χ1v) is 7.57. The molecule has 2 unspecified atom stereocenters. The van der Waals surface area contributed by atoms with Gasteiger partial charge in [0.05, 0.1) is 19.1 Å². The number of nitrogens with zero attached hydrogens (tertiary/aromatic N) is 1. The molecule has 1 rings (SSSR count). The molecule has 0 aromatic carbocycles. The highest BCUT2D eigenvalue weighted by molar-refractivity contribution is 6.05. The predicted octanol–water partition coefficient (Wildman–Crippen LogP) is 1.56. The molecule has 2 atom stereocenters. The van der Waals surface area contributed by atoms with Gasteiger partial charge in [0.15, 0.2) is 0 Å². The van der Waals surface area contributed by atoms with Crippen molar-refractivity contribution in [2.45, 2.75) is 65.1 Å². The molecule has 0 bridgehead atoms. The zero-order chi connectivity index (χ0) is 15.3. The summed E-state index contributed by atoms with van der Waals surface area (Å²) in [6.45, 7) is 8.72. The van der Waals surface area contributed by atoms with E-state index in [4.69, 9.17) is 4.74 Å². The molecule has 1 aliphatic heterocycles. The number of hydrogen-bond donors (Lipinski definition) is 1. The van der Waals surface area contributed by atoms with Crippen molar-refractivity contribution < 1.29 is 14.3 Å². The number of methoxy groups -OCH3 is 1. The summed E-state index contributed by atoms with van der Waals surface area (Å²) in [5.41, 5.74) is 0. The second-order valence-electron chi connectivity index (χ2n) is 5.80. The van der Waals surface area contributed by atoms with Crippen LogP contribution in [0.4, 0.5) is 0 Å². The molecule has 1 N–H and O–H groups in total. The van der Waals surface area contributed by atoms with Gasteiger partial charge in [0, 0.05) is 19.2 Å². The van der Waals surface area contributed by atoms with E-state index in [0.29, 0.717) is 12.5 Å². The summed E-state index contributed by atoms with van der Waals surface area (Å²) in [5.74, 6) is 0.214. The summed E-state index contributed by atoms with van der Waals surface area (Å²) in [4.78, 5) is 26.0. The van der Waals surface area contributed by atoms with E-state index < -0.39 is 6.04 Å². The zero-order valence-electron chi connectivity index (χ0n) is 13.3. The number of ether oxygens (including phenoxy) is 1. The van der Waals surface area contributed by atoms with Gasteiger partial charge in [-0.2, -0.15) is 0 Å². The van der Waals surface area contributed by atoms with Crippen LogP contribution in [0, 0.1) is 5.92 Å². The largest absolute Gasteiger partial charge is 0.383 e. The van der Waals surface area contributed by atoms with Crippen LogP contribution in [0.1, 0.15) is 47.0 Å². The van der Waals surface area contributed by atoms with E-state index in [1.165, 1.54) is 4.90 Å². The molecule has 0 aromatic rings. The van der Waals surface area contributed by atoms with Crippen molar-refractivity contribution in [1.29, 1.82) is 0 Å². The Bertz CT molecular complexity index is 340. The number of rotatable bonds is 8. The lowest BCUT2D eigenvalue weighted by Gasteiger charge is -2.27. The quantitative estimate of drug-likeness (QED) is 0.687. The summed E-state index contributed by atoms with van der Waals surface area (Å²) >= 11 is 0. The van der Waals surface area contributed by atoms with Gasteiger partial charge in [0.25, 0.3) is 0 Å². The normalized spacial score (nSPS) is 21.4. The van der Waals surface area contributed by atoms with Gasteiger partial charge in [-0.1, -0.05) is 27.7 Å². The third-order valence-electron chi connectivity index (χ3n) is 4.06. The Labute approximate surface area is 122 Å². The highest BCUT2D eigenvalue weighted by Crippen LogP contribution is 2.21. The highest BCUT2D eigenvalue weighted by atomic mass is 16.5. The zero-order valence-corrected chi connectivity index (χ0v) is 13.3. The predicted molar refractivity (Wildman–Crippen MR) is 78.3 cm³/mol. The second kappa shape index (κ2) is 7.74. The molecular formula is C15H28N2O3. The van der Waals surface area contributed by atoms with Gasteiger partial charge in [-0.25, -0.2) is 0 Å². The van der Waals surface area contributed by atoms with Crippen LogP contribution < -0.4 is 5.32 Å². The van der Waals surface area contributed by atoms with Gasteiger partial charge < -0.3 is 10.1 Å². The molecule has 0 spiro atoms. The standard InChI is InChI=1S/C15H28N2O3/c1-6-11(7-2)17-14(18)8-12(15(17)19)16-13(9-20-5)10(3)4/h10-13,16H,6-9H2,1-5H3. The van der Waals surface area contributed by atoms with Crippen molar-refractivity contribution in [2.75, 3.05) is 13.7 Å². The highest BCUT2D eigenvalue weighted by Gasteiger charge is 2.42. The van der Waals surface area contributed by atoms with Crippen LogP contribution >= 0.6 is 0 Å². The molecule has 0 saturated carbocycles. The summed E-state index contributed by atoms with van der Waals surface area (Å²) in [7, 11) is 1.65. The lowest BCUT2D eigenvalue weighted by atomic mass is 10.0. The van der Waals surface area contributed by atoms with Gasteiger partial charge in [-0.05, 0) is 18.8 Å². The fourth-order valence-corrected chi connectivity index (χ4v) is 2.69. The van der Waals surface area contributed by atoms with E-state index in [-0.39, 0.29) is 30.3 Å². The van der Waals surface area contributed by atoms with Crippen LogP contribution in [0.3, 0.4) is 0 Å². The summed E-state index contributed by atoms with van der Waals surface area (Å²) in [6, 6.07) is -0.282. The van der Waals surface area contributed by atoms with Gasteiger partial charge >= 0.3 is 0 Å². The molecule has 5 nitrogen and oxygen atoms in total. The lowest BCUT2D eigenvalue weighted by molar-refractivity contribution is -0.141. The molecule has 116 valence electrons. The molecule has 0 aliphatic carbocycles. The van der Waals surface area contributed by atoms with E-state index in [0.717, 1.165) is 12.8 Å². The van der Waals surface area contributed by atoms with Gasteiger partial charge in [-0.15, -0.1) is 0 Å². The van der Waals surface area contributed by atoms with Gasteiger partial charge in [-0.3, -0.25) is 14.5 Å². The smallest absolute Gasteiger partial charge is 0.247 e. The van der Waals surface area contributed by atoms with E-state index in [1.54, 1.807) is 7.11 Å². The minimum absolute atomic E-state index is 0.0294. The first-order chi connectivity index (χ1) is 9.46. The molecule has 2 amide bonds. The Hall–Kier alpha value is -0.940. The van der Waals surface area contributed by atoms with Crippen molar-refractivity contribution in [2.24, 2.45) is 5.92 Å². The molecule has 5 heteroatoms. The van der Waals surface area contributed by atoms with E-state index in [1.807, 2.05) is 13.8 Å². The van der Waals surface area contributed by atoms with Crippen LogP contribution in [0.15, 0.2) is 0 Å². The lowest BCUT2D eigenvalue weighted by Crippen LogP contribution is -2.49. The molecule has 20 heavy (non-hydrogen) atoms.